The van der Waals surface area contributed by atoms with Crippen molar-refractivity contribution in [2.75, 3.05) is 6.54 Å². The fourth-order valence-corrected chi connectivity index (χ4v) is 2.47. The Hall–Kier alpha value is -1.37. The third-order valence-corrected chi connectivity index (χ3v) is 4.08. The maximum atomic E-state index is 10.1. The van der Waals surface area contributed by atoms with Crippen LogP contribution in [0.25, 0.3) is 0 Å². The average molecular weight is 244 g/mol. The Balaban J connectivity index is 1.91. The van der Waals surface area contributed by atoms with Crippen LogP contribution >= 0.6 is 0 Å². The first kappa shape index (κ1) is 13.1. The number of rotatable bonds is 5. The van der Waals surface area contributed by atoms with Crippen molar-refractivity contribution in [3.63, 3.8) is 0 Å². The Morgan fingerprint density at radius 2 is 2.06 bits per heavy atom. The monoisotopic (exact) mass is 244 g/mol. The number of hydrogen-bond acceptors (Lipinski definition) is 3. The van der Waals surface area contributed by atoms with Crippen molar-refractivity contribution >= 4 is 0 Å². The van der Waals surface area contributed by atoms with Crippen molar-refractivity contribution in [2.45, 2.75) is 44.2 Å². The van der Waals surface area contributed by atoms with Gasteiger partial charge in [-0.25, -0.2) is 0 Å². The summed E-state index contributed by atoms with van der Waals surface area (Å²) in [6.45, 7) is 2.78. The molecule has 0 aliphatic heterocycles. The van der Waals surface area contributed by atoms with Crippen LogP contribution in [0.15, 0.2) is 24.3 Å². The molecule has 0 saturated heterocycles. The highest BCUT2D eigenvalue weighted by atomic mass is 16.3. The molecule has 0 radical (unpaired) electrons. The molecule has 1 saturated carbocycles. The first-order valence-electron chi connectivity index (χ1n) is 6.62. The van der Waals surface area contributed by atoms with Crippen LogP contribution in [0.4, 0.5) is 0 Å². The lowest BCUT2D eigenvalue weighted by Gasteiger charge is -2.42. The minimum Gasteiger partial charge on any atom is -0.387 e. The van der Waals surface area contributed by atoms with Crippen molar-refractivity contribution in [3.8, 4) is 6.07 Å². The first-order chi connectivity index (χ1) is 8.69. The average Bonchev–Trinajstić information content (AvgIpc) is 2.38. The molecule has 1 fully saturated rings. The number of benzene rings is 1. The predicted octanol–water partition coefficient (Wildman–Crippen LogP) is 2.51. The quantitative estimate of drug-likeness (QED) is 0.836. The van der Waals surface area contributed by atoms with Crippen molar-refractivity contribution in [2.24, 2.45) is 0 Å². The largest absolute Gasteiger partial charge is 0.387 e. The fourth-order valence-electron chi connectivity index (χ4n) is 2.47. The molecular formula is C15H20N2O. The summed E-state index contributed by atoms with van der Waals surface area (Å²) in [6.07, 6.45) is 4.33. The van der Waals surface area contributed by atoms with Gasteiger partial charge in [-0.15, -0.1) is 0 Å². The summed E-state index contributed by atoms with van der Waals surface area (Å²) in [7, 11) is 0. The van der Waals surface area contributed by atoms with E-state index in [0.717, 1.165) is 12.0 Å². The molecule has 0 heterocycles. The highest BCUT2D eigenvalue weighted by Gasteiger charge is 2.34. The third-order valence-electron chi connectivity index (χ3n) is 4.08. The predicted molar refractivity (Wildman–Crippen MR) is 71.0 cm³/mol. The lowest BCUT2D eigenvalue weighted by atomic mass is 9.75. The highest BCUT2D eigenvalue weighted by Crippen LogP contribution is 2.34. The molecule has 3 nitrogen and oxygen atoms in total. The van der Waals surface area contributed by atoms with Crippen LogP contribution in [0.1, 0.15) is 49.8 Å². The summed E-state index contributed by atoms with van der Waals surface area (Å²) >= 11 is 0. The van der Waals surface area contributed by atoms with E-state index in [-0.39, 0.29) is 5.54 Å². The van der Waals surface area contributed by atoms with Crippen LogP contribution < -0.4 is 5.32 Å². The van der Waals surface area contributed by atoms with Crippen LogP contribution in [0.3, 0.4) is 0 Å². The van der Waals surface area contributed by atoms with E-state index >= 15 is 0 Å². The summed E-state index contributed by atoms with van der Waals surface area (Å²) < 4.78 is 0. The molecule has 2 rings (SSSR count). The zero-order valence-electron chi connectivity index (χ0n) is 10.8. The number of β-amino-alcohol motifs (C(OH)–C–C–N with tert-alkyl or cyclic N) is 1. The number of nitrogens with zero attached hydrogens (tertiary/aromatic N) is 1. The number of aliphatic hydroxyl groups is 1. The molecule has 0 spiro atoms. The number of nitriles is 1. The standard InChI is InChI=1S/C15H20N2O/c1-2-15(8-3-9-15)17-11-14(18)13-6-4-12(10-16)5-7-13/h4-7,14,17-18H,2-3,8-9,11H2,1H3. The SMILES string of the molecule is CCC1(NCC(O)c2ccc(C#N)cc2)CCC1. The fraction of sp³-hybridized carbons (Fsp3) is 0.533. The second kappa shape index (κ2) is 5.51. The minimum atomic E-state index is -0.498. The van der Waals surface area contributed by atoms with Gasteiger partial charge in [0.05, 0.1) is 17.7 Å². The molecule has 18 heavy (non-hydrogen) atoms. The number of hydrogen-bond donors (Lipinski definition) is 2. The van der Waals surface area contributed by atoms with Crippen LogP contribution in [0, 0.1) is 11.3 Å². The lowest BCUT2D eigenvalue weighted by molar-refractivity contribution is 0.119. The molecule has 0 aromatic heterocycles. The summed E-state index contributed by atoms with van der Waals surface area (Å²) in [5.41, 5.74) is 1.75. The zero-order chi connectivity index (χ0) is 13.0. The Labute approximate surface area is 108 Å². The summed E-state index contributed by atoms with van der Waals surface area (Å²) in [5, 5.41) is 22.3. The second-order valence-electron chi connectivity index (χ2n) is 5.12. The van der Waals surface area contributed by atoms with Crippen LogP contribution in [0.5, 0.6) is 0 Å². The maximum Gasteiger partial charge on any atom is 0.0991 e. The van der Waals surface area contributed by atoms with Gasteiger partial charge in [-0.3, -0.25) is 0 Å². The molecule has 1 unspecified atom stereocenters. The summed E-state index contributed by atoms with van der Waals surface area (Å²) in [5.74, 6) is 0. The molecule has 0 amide bonds. The molecule has 96 valence electrons. The van der Waals surface area contributed by atoms with E-state index in [2.05, 4.69) is 18.3 Å². The van der Waals surface area contributed by atoms with Gasteiger partial charge >= 0.3 is 0 Å². The van der Waals surface area contributed by atoms with E-state index in [4.69, 9.17) is 5.26 Å². The van der Waals surface area contributed by atoms with Gasteiger partial charge in [0.15, 0.2) is 0 Å². The van der Waals surface area contributed by atoms with E-state index < -0.39 is 6.10 Å². The van der Waals surface area contributed by atoms with E-state index in [0.29, 0.717) is 12.1 Å². The van der Waals surface area contributed by atoms with E-state index in [1.54, 1.807) is 12.1 Å². The lowest BCUT2D eigenvalue weighted by Crippen LogP contribution is -2.51. The molecule has 1 atom stereocenters. The molecule has 1 aromatic carbocycles. The molecular weight excluding hydrogens is 224 g/mol. The first-order valence-corrected chi connectivity index (χ1v) is 6.62. The molecule has 1 aromatic rings. The third kappa shape index (κ3) is 2.72. The van der Waals surface area contributed by atoms with Crippen molar-refractivity contribution in [3.05, 3.63) is 35.4 Å². The molecule has 0 bridgehead atoms. The van der Waals surface area contributed by atoms with E-state index in [9.17, 15) is 5.11 Å². The zero-order valence-corrected chi connectivity index (χ0v) is 10.8. The van der Waals surface area contributed by atoms with Gasteiger partial charge in [0, 0.05) is 12.1 Å². The smallest absolute Gasteiger partial charge is 0.0991 e. The topological polar surface area (TPSA) is 56.0 Å². The Morgan fingerprint density at radius 3 is 2.50 bits per heavy atom. The number of aliphatic hydroxyl groups excluding tert-OH is 1. The number of nitrogens with one attached hydrogen (secondary N) is 1. The molecule has 1 aliphatic rings. The Morgan fingerprint density at radius 1 is 1.39 bits per heavy atom. The van der Waals surface area contributed by atoms with Crippen LogP contribution in [-0.2, 0) is 0 Å². The van der Waals surface area contributed by atoms with E-state index in [1.807, 2.05) is 12.1 Å². The normalized spacial score (nSPS) is 18.7. The van der Waals surface area contributed by atoms with Crippen molar-refractivity contribution < 1.29 is 5.11 Å². The maximum absolute atomic E-state index is 10.1. The van der Waals surface area contributed by atoms with Crippen molar-refractivity contribution in [1.82, 2.24) is 5.32 Å². The van der Waals surface area contributed by atoms with Gasteiger partial charge < -0.3 is 10.4 Å². The summed E-state index contributed by atoms with van der Waals surface area (Å²) in [4.78, 5) is 0. The van der Waals surface area contributed by atoms with Crippen LogP contribution in [-0.4, -0.2) is 17.2 Å². The van der Waals surface area contributed by atoms with Gasteiger partial charge in [0.2, 0.25) is 0 Å². The van der Waals surface area contributed by atoms with Gasteiger partial charge in [0.1, 0.15) is 0 Å². The molecule has 1 aliphatic carbocycles. The molecule has 3 heteroatoms. The Kier molecular flexibility index (Phi) is 4.00. The van der Waals surface area contributed by atoms with Gasteiger partial charge in [-0.05, 0) is 43.4 Å². The van der Waals surface area contributed by atoms with Crippen molar-refractivity contribution in [1.29, 1.82) is 5.26 Å². The second-order valence-corrected chi connectivity index (χ2v) is 5.12. The van der Waals surface area contributed by atoms with Gasteiger partial charge in [-0.2, -0.15) is 5.26 Å². The van der Waals surface area contributed by atoms with Gasteiger partial charge in [0.25, 0.3) is 0 Å². The van der Waals surface area contributed by atoms with E-state index in [1.165, 1.54) is 19.3 Å². The minimum absolute atomic E-state index is 0.258. The van der Waals surface area contributed by atoms with Gasteiger partial charge in [-0.1, -0.05) is 19.1 Å². The van der Waals surface area contributed by atoms with Crippen LogP contribution in [0.2, 0.25) is 0 Å². The summed E-state index contributed by atoms with van der Waals surface area (Å²) in [6, 6.07) is 9.22. The Bertz CT molecular complexity index is 423. The highest BCUT2D eigenvalue weighted by molar-refractivity contribution is 5.32. The molecule has 2 N–H and O–H groups in total.